The standard InChI is InChI=1S/C24H39N3O6/c1-14(16-8-6-5-7-9-16)10-11-27-13-24-23(31-15(2)12-30-24)32-22-20(29)17(25-3)19(28)18(26-4)21(22)33-24/h5-9,14-15,17-23,25-29H,10-13H2,1-4H3/t14?,15-,17-,18+,19+,20+,21?,22?,23?,24+/m1/s1. The van der Waals surface area contributed by atoms with Crippen LogP contribution in [0.1, 0.15) is 31.7 Å². The second-order valence-corrected chi connectivity index (χ2v) is 9.47. The monoisotopic (exact) mass is 465 g/mol. The molecule has 3 fully saturated rings. The lowest BCUT2D eigenvalue weighted by atomic mass is 9.80. The highest BCUT2D eigenvalue weighted by Crippen LogP contribution is 2.40. The lowest BCUT2D eigenvalue weighted by Gasteiger charge is -2.57. The fourth-order valence-electron chi connectivity index (χ4n) is 5.18. The number of aliphatic hydroxyl groups is 2. The van der Waals surface area contributed by atoms with Gasteiger partial charge in [0, 0.05) is 0 Å². The van der Waals surface area contributed by atoms with Crippen LogP contribution in [-0.4, -0.2) is 98.7 Å². The molecule has 2 heterocycles. The maximum Gasteiger partial charge on any atom is 0.234 e. The molecule has 3 aliphatic rings. The molecule has 1 aromatic carbocycles. The molecule has 2 aliphatic heterocycles. The van der Waals surface area contributed by atoms with Gasteiger partial charge in [-0.05, 0) is 45.5 Å². The molecule has 33 heavy (non-hydrogen) atoms. The predicted molar refractivity (Wildman–Crippen MR) is 123 cm³/mol. The van der Waals surface area contributed by atoms with Crippen LogP contribution in [-0.2, 0) is 18.9 Å². The van der Waals surface area contributed by atoms with Crippen LogP contribution < -0.4 is 16.0 Å². The number of likely N-dealkylation sites (N-methyl/N-ethyl adjacent to an activating group) is 2. The fraction of sp³-hybridized carbons (Fsp3) is 0.750. The summed E-state index contributed by atoms with van der Waals surface area (Å²) in [4.78, 5) is 0. The average Bonchev–Trinajstić information content (AvgIpc) is 2.82. The van der Waals surface area contributed by atoms with E-state index in [4.69, 9.17) is 18.9 Å². The van der Waals surface area contributed by atoms with Crippen LogP contribution in [0.3, 0.4) is 0 Å². The minimum absolute atomic E-state index is 0.159. The highest BCUT2D eigenvalue weighted by Gasteiger charge is 2.61. The molecule has 4 rings (SSSR count). The largest absolute Gasteiger partial charge is 0.390 e. The first-order valence-electron chi connectivity index (χ1n) is 12.0. The lowest BCUT2D eigenvalue weighted by molar-refractivity contribution is -0.460. The zero-order valence-corrected chi connectivity index (χ0v) is 19.9. The van der Waals surface area contributed by atoms with E-state index in [1.54, 1.807) is 14.1 Å². The van der Waals surface area contributed by atoms with Crippen LogP contribution in [0.25, 0.3) is 0 Å². The van der Waals surface area contributed by atoms with Gasteiger partial charge >= 0.3 is 0 Å². The summed E-state index contributed by atoms with van der Waals surface area (Å²) in [5, 5.41) is 31.3. The summed E-state index contributed by atoms with van der Waals surface area (Å²) in [5.41, 5.74) is 1.31. The molecule has 1 saturated carbocycles. The van der Waals surface area contributed by atoms with Gasteiger partial charge in [-0.3, -0.25) is 0 Å². The highest BCUT2D eigenvalue weighted by atomic mass is 16.8. The van der Waals surface area contributed by atoms with Crippen LogP contribution in [0.15, 0.2) is 30.3 Å². The third-order valence-electron chi connectivity index (χ3n) is 7.17. The van der Waals surface area contributed by atoms with E-state index in [1.165, 1.54) is 5.56 Å². The lowest BCUT2D eigenvalue weighted by Crippen LogP contribution is -2.78. The SMILES string of the molecule is CN[C@@H]1[C@H](O)[C@H](NC)C2O[C@]3(CNCCC(C)c4ccccc4)OC[C@@H](C)OC3OC2[C@H]1O. The smallest absolute Gasteiger partial charge is 0.234 e. The first kappa shape index (κ1) is 25.0. The zero-order valence-electron chi connectivity index (χ0n) is 19.9. The van der Waals surface area contributed by atoms with Crippen molar-refractivity contribution >= 4 is 0 Å². The molecule has 1 aliphatic carbocycles. The van der Waals surface area contributed by atoms with E-state index in [2.05, 4.69) is 47.1 Å². The van der Waals surface area contributed by atoms with E-state index in [0.29, 0.717) is 19.1 Å². The van der Waals surface area contributed by atoms with E-state index in [1.807, 2.05) is 13.0 Å². The van der Waals surface area contributed by atoms with Gasteiger partial charge in [0.2, 0.25) is 12.1 Å². The Morgan fingerprint density at radius 2 is 1.76 bits per heavy atom. The molecule has 2 saturated heterocycles. The minimum atomic E-state index is -1.16. The third-order valence-corrected chi connectivity index (χ3v) is 7.17. The van der Waals surface area contributed by atoms with Gasteiger partial charge in [-0.15, -0.1) is 0 Å². The summed E-state index contributed by atoms with van der Waals surface area (Å²) >= 11 is 0. The number of nitrogens with one attached hydrogen (secondary N) is 3. The first-order valence-corrected chi connectivity index (χ1v) is 12.0. The van der Waals surface area contributed by atoms with Gasteiger partial charge in [-0.1, -0.05) is 37.3 Å². The average molecular weight is 466 g/mol. The van der Waals surface area contributed by atoms with Crippen molar-refractivity contribution in [2.45, 2.75) is 80.9 Å². The van der Waals surface area contributed by atoms with E-state index in [0.717, 1.165) is 13.0 Å². The Labute approximate surface area is 196 Å². The molecule has 1 aromatic rings. The Bertz CT molecular complexity index is 757. The Kier molecular flexibility index (Phi) is 8.05. The van der Waals surface area contributed by atoms with Gasteiger partial charge in [-0.25, -0.2) is 0 Å². The van der Waals surface area contributed by atoms with Crippen molar-refractivity contribution in [1.29, 1.82) is 0 Å². The van der Waals surface area contributed by atoms with Crippen molar-refractivity contribution in [1.82, 2.24) is 16.0 Å². The molecule has 186 valence electrons. The number of aliphatic hydroxyl groups excluding tert-OH is 2. The van der Waals surface area contributed by atoms with Gasteiger partial charge in [0.15, 0.2) is 0 Å². The van der Waals surface area contributed by atoms with Gasteiger partial charge in [-0.2, -0.15) is 0 Å². The highest BCUT2D eigenvalue weighted by molar-refractivity contribution is 5.18. The molecule has 9 nitrogen and oxygen atoms in total. The summed E-state index contributed by atoms with van der Waals surface area (Å²) in [6, 6.07) is 9.43. The van der Waals surface area contributed by atoms with E-state index in [-0.39, 0.29) is 6.10 Å². The van der Waals surface area contributed by atoms with Crippen LogP contribution in [0.5, 0.6) is 0 Å². The van der Waals surface area contributed by atoms with Crippen molar-refractivity contribution in [2.24, 2.45) is 0 Å². The molecule has 4 unspecified atom stereocenters. The Morgan fingerprint density at radius 3 is 2.45 bits per heavy atom. The maximum absolute atomic E-state index is 10.9. The number of hydrogen-bond donors (Lipinski definition) is 5. The summed E-state index contributed by atoms with van der Waals surface area (Å²) in [6.07, 6.45) is -3.10. The molecule has 0 radical (unpaired) electrons. The van der Waals surface area contributed by atoms with Gasteiger partial charge in [0.1, 0.15) is 18.3 Å². The molecule has 9 heteroatoms. The minimum Gasteiger partial charge on any atom is -0.390 e. The number of fused-ring (bicyclic) bond motifs is 2. The number of hydrogen-bond acceptors (Lipinski definition) is 9. The van der Waals surface area contributed by atoms with Crippen molar-refractivity contribution < 1.29 is 29.2 Å². The van der Waals surface area contributed by atoms with E-state index >= 15 is 0 Å². The molecule has 0 bridgehead atoms. The zero-order chi connectivity index (χ0) is 23.6. The molecule has 0 amide bonds. The van der Waals surface area contributed by atoms with Crippen LogP contribution in [0.2, 0.25) is 0 Å². The molecule has 0 spiro atoms. The van der Waals surface area contributed by atoms with Crippen molar-refractivity contribution in [3.05, 3.63) is 35.9 Å². The second kappa shape index (κ2) is 10.6. The quantitative estimate of drug-likeness (QED) is 0.337. The van der Waals surface area contributed by atoms with Crippen molar-refractivity contribution in [2.75, 3.05) is 33.8 Å². The summed E-state index contributed by atoms with van der Waals surface area (Å²) in [7, 11) is 3.47. The third kappa shape index (κ3) is 4.98. The second-order valence-electron chi connectivity index (χ2n) is 9.47. The van der Waals surface area contributed by atoms with Crippen molar-refractivity contribution in [3.63, 3.8) is 0 Å². The van der Waals surface area contributed by atoms with Crippen LogP contribution in [0, 0.1) is 0 Å². The first-order chi connectivity index (χ1) is 15.9. The summed E-state index contributed by atoms with van der Waals surface area (Å²) < 4.78 is 25.1. The van der Waals surface area contributed by atoms with Gasteiger partial charge in [0.25, 0.3) is 0 Å². The van der Waals surface area contributed by atoms with Crippen molar-refractivity contribution in [3.8, 4) is 0 Å². The van der Waals surface area contributed by atoms with Gasteiger partial charge < -0.3 is 45.1 Å². The molecule has 0 aromatic heterocycles. The number of ether oxygens (including phenoxy) is 4. The summed E-state index contributed by atoms with van der Waals surface area (Å²) in [5.74, 6) is -0.746. The van der Waals surface area contributed by atoms with Gasteiger partial charge in [0.05, 0.1) is 37.4 Å². The maximum atomic E-state index is 10.9. The fourth-order valence-corrected chi connectivity index (χ4v) is 5.18. The van der Waals surface area contributed by atoms with E-state index < -0.39 is 48.6 Å². The number of rotatable bonds is 8. The normalized spacial score (nSPS) is 41.8. The van der Waals surface area contributed by atoms with Crippen LogP contribution >= 0.6 is 0 Å². The summed E-state index contributed by atoms with van der Waals surface area (Å²) in [6.45, 7) is 5.64. The molecule has 10 atom stereocenters. The predicted octanol–water partition coefficient (Wildman–Crippen LogP) is -0.0771. The molecule has 5 N–H and O–H groups in total. The number of benzene rings is 1. The topological polar surface area (TPSA) is 113 Å². The van der Waals surface area contributed by atoms with E-state index in [9.17, 15) is 10.2 Å². The Morgan fingerprint density at radius 1 is 1.03 bits per heavy atom. The molecular weight excluding hydrogens is 426 g/mol. The Balaban J connectivity index is 1.45. The molecular formula is C24H39N3O6. The van der Waals surface area contributed by atoms with Crippen LogP contribution in [0.4, 0.5) is 0 Å². The Hall–Kier alpha value is -1.14.